The number of rotatable bonds is 6. The Balaban J connectivity index is 1.57. The van der Waals surface area contributed by atoms with Gasteiger partial charge < -0.3 is 9.47 Å². The topological polar surface area (TPSA) is 72.9 Å². The van der Waals surface area contributed by atoms with Crippen LogP contribution in [-0.2, 0) is 11.3 Å². The molecule has 0 atom stereocenters. The Kier molecular flexibility index (Phi) is 7.41. The quantitative estimate of drug-likeness (QED) is 0.194. The molecule has 3 aromatic rings. The van der Waals surface area contributed by atoms with Gasteiger partial charge in [-0.15, -0.1) is 0 Å². The highest BCUT2D eigenvalue weighted by Crippen LogP contribution is 2.36. The van der Waals surface area contributed by atoms with Crippen molar-refractivity contribution < 1.29 is 23.9 Å². The standard InChI is InChI=1S/C25H17BrClNO5S/c1-32-20-8-5-16(6-9-20)24(30)33-21-10-7-18(26)12-17(21)13-22-23(29)28(25(31)34-22)14-15-3-2-4-19(27)11-15/h2-13H,14H2,1H3/b22-13-. The van der Waals surface area contributed by atoms with E-state index in [1.807, 2.05) is 0 Å². The van der Waals surface area contributed by atoms with E-state index < -0.39 is 11.9 Å². The molecular weight excluding hydrogens is 542 g/mol. The molecule has 1 aliphatic rings. The van der Waals surface area contributed by atoms with Gasteiger partial charge in [0.15, 0.2) is 0 Å². The van der Waals surface area contributed by atoms with Crippen molar-refractivity contribution in [3.8, 4) is 11.5 Å². The molecule has 0 aliphatic carbocycles. The number of hydrogen-bond donors (Lipinski definition) is 0. The molecule has 1 saturated heterocycles. The molecule has 1 fully saturated rings. The van der Waals surface area contributed by atoms with Crippen molar-refractivity contribution in [1.82, 2.24) is 4.90 Å². The van der Waals surface area contributed by atoms with Crippen molar-refractivity contribution in [2.45, 2.75) is 6.54 Å². The fourth-order valence-electron chi connectivity index (χ4n) is 3.21. The third kappa shape index (κ3) is 5.52. The minimum atomic E-state index is -0.561. The minimum absolute atomic E-state index is 0.111. The molecule has 0 radical (unpaired) electrons. The zero-order chi connectivity index (χ0) is 24.2. The lowest BCUT2D eigenvalue weighted by molar-refractivity contribution is -0.123. The first-order valence-corrected chi connectivity index (χ1v) is 12.0. The van der Waals surface area contributed by atoms with Gasteiger partial charge in [0.1, 0.15) is 11.5 Å². The summed E-state index contributed by atoms with van der Waals surface area (Å²) >= 11 is 10.2. The van der Waals surface area contributed by atoms with Crippen LogP contribution < -0.4 is 9.47 Å². The molecule has 9 heteroatoms. The van der Waals surface area contributed by atoms with E-state index in [2.05, 4.69) is 15.9 Å². The van der Waals surface area contributed by atoms with Gasteiger partial charge >= 0.3 is 5.97 Å². The summed E-state index contributed by atoms with van der Waals surface area (Å²) in [6, 6.07) is 18.6. The first-order chi connectivity index (χ1) is 16.3. The molecule has 2 amide bonds. The Labute approximate surface area is 213 Å². The summed E-state index contributed by atoms with van der Waals surface area (Å²) in [6.45, 7) is 0.111. The van der Waals surface area contributed by atoms with Crippen LogP contribution in [0.5, 0.6) is 11.5 Å². The fraction of sp³-hybridized carbons (Fsp3) is 0.0800. The molecule has 3 aromatic carbocycles. The number of carbonyl (C=O) groups excluding carboxylic acids is 3. The molecule has 0 bridgehead atoms. The van der Waals surface area contributed by atoms with Crippen molar-refractivity contribution in [3.63, 3.8) is 0 Å². The summed E-state index contributed by atoms with van der Waals surface area (Å²) in [4.78, 5) is 39.5. The van der Waals surface area contributed by atoms with Crippen LogP contribution in [0.25, 0.3) is 6.08 Å². The number of methoxy groups -OCH3 is 1. The molecule has 1 aliphatic heterocycles. The number of imide groups is 1. The van der Waals surface area contributed by atoms with Crippen LogP contribution in [0, 0.1) is 0 Å². The summed E-state index contributed by atoms with van der Waals surface area (Å²) in [5.74, 6) is -0.115. The Bertz CT molecular complexity index is 1310. The maximum Gasteiger partial charge on any atom is 0.343 e. The van der Waals surface area contributed by atoms with E-state index in [4.69, 9.17) is 21.1 Å². The lowest BCUT2D eigenvalue weighted by Gasteiger charge is -2.12. The van der Waals surface area contributed by atoms with Crippen molar-refractivity contribution in [3.05, 3.63) is 97.8 Å². The van der Waals surface area contributed by atoms with Gasteiger partial charge in [-0.3, -0.25) is 14.5 Å². The van der Waals surface area contributed by atoms with E-state index in [1.165, 1.54) is 7.11 Å². The molecule has 0 saturated carbocycles. The zero-order valence-corrected chi connectivity index (χ0v) is 20.9. The molecule has 0 spiro atoms. The van der Waals surface area contributed by atoms with Crippen LogP contribution in [0.1, 0.15) is 21.5 Å². The molecule has 172 valence electrons. The van der Waals surface area contributed by atoms with E-state index in [9.17, 15) is 14.4 Å². The van der Waals surface area contributed by atoms with E-state index in [-0.39, 0.29) is 22.4 Å². The number of thioether (sulfide) groups is 1. The average molecular weight is 559 g/mol. The van der Waals surface area contributed by atoms with Crippen molar-refractivity contribution in [2.75, 3.05) is 7.11 Å². The number of nitrogens with zero attached hydrogens (tertiary/aromatic N) is 1. The Morgan fingerprint density at radius 3 is 2.56 bits per heavy atom. The third-order valence-corrected chi connectivity index (χ3v) is 6.53. The number of hydrogen-bond acceptors (Lipinski definition) is 6. The first kappa shape index (κ1) is 24.1. The smallest absolute Gasteiger partial charge is 0.343 e. The fourth-order valence-corrected chi connectivity index (χ4v) is 4.63. The van der Waals surface area contributed by atoms with Gasteiger partial charge in [0.05, 0.1) is 24.1 Å². The Morgan fingerprint density at radius 1 is 1.09 bits per heavy atom. The molecular formula is C25H17BrClNO5S. The number of carbonyl (C=O) groups is 3. The van der Waals surface area contributed by atoms with Crippen LogP contribution in [0.3, 0.4) is 0 Å². The van der Waals surface area contributed by atoms with Gasteiger partial charge in [0, 0.05) is 15.1 Å². The van der Waals surface area contributed by atoms with Gasteiger partial charge in [-0.1, -0.05) is 39.7 Å². The second-order valence-corrected chi connectivity index (χ2v) is 9.54. The zero-order valence-electron chi connectivity index (χ0n) is 17.8. The van der Waals surface area contributed by atoms with Crippen molar-refractivity contribution >= 4 is 62.5 Å². The largest absolute Gasteiger partial charge is 0.497 e. The monoisotopic (exact) mass is 557 g/mol. The summed E-state index contributed by atoms with van der Waals surface area (Å²) in [5.41, 5.74) is 1.56. The predicted octanol–water partition coefficient (Wildman–Crippen LogP) is 6.57. The second kappa shape index (κ2) is 10.5. The van der Waals surface area contributed by atoms with Gasteiger partial charge in [0.25, 0.3) is 11.1 Å². The maximum atomic E-state index is 13.0. The predicted molar refractivity (Wildman–Crippen MR) is 135 cm³/mol. The normalized spacial score (nSPS) is 14.6. The SMILES string of the molecule is COc1ccc(C(=O)Oc2ccc(Br)cc2/C=C2\SC(=O)N(Cc3cccc(Cl)c3)C2=O)cc1. The highest BCUT2D eigenvalue weighted by atomic mass is 79.9. The molecule has 0 N–H and O–H groups in total. The van der Waals surface area contributed by atoms with Crippen LogP contribution in [0.2, 0.25) is 5.02 Å². The van der Waals surface area contributed by atoms with E-state index in [1.54, 1.807) is 72.8 Å². The molecule has 34 heavy (non-hydrogen) atoms. The van der Waals surface area contributed by atoms with Gasteiger partial charge in [-0.2, -0.15) is 0 Å². The van der Waals surface area contributed by atoms with Crippen molar-refractivity contribution in [2.24, 2.45) is 0 Å². The summed E-state index contributed by atoms with van der Waals surface area (Å²) in [6.07, 6.45) is 1.55. The van der Waals surface area contributed by atoms with Crippen LogP contribution in [0.4, 0.5) is 4.79 Å². The summed E-state index contributed by atoms with van der Waals surface area (Å²) in [7, 11) is 1.54. The number of ether oxygens (including phenoxy) is 2. The number of benzene rings is 3. The molecule has 6 nitrogen and oxygen atoms in total. The maximum absolute atomic E-state index is 13.0. The van der Waals surface area contributed by atoms with E-state index >= 15 is 0 Å². The third-order valence-electron chi connectivity index (χ3n) is 4.89. The lowest BCUT2D eigenvalue weighted by atomic mass is 10.1. The minimum Gasteiger partial charge on any atom is -0.497 e. The first-order valence-electron chi connectivity index (χ1n) is 9.99. The summed E-state index contributed by atoms with van der Waals surface area (Å²) in [5, 5.41) is 0.139. The Hall–Kier alpha value is -3.07. The molecule has 0 unspecified atom stereocenters. The molecule has 0 aromatic heterocycles. The van der Waals surface area contributed by atoms with Crippen molar-refractivity contribution in [1.29, 1.82) is 0 Å². The van der Waals surface area contributed by atoms with Crippen LogP contribution in [0.15, 0.2) is 76.1 Å². The summed E-state index contributed by atoms with van der Waals surface area (Å²) < 4.78 is 11.4. The molecule has 1 heterocycles. The molecule has 4 rings (SSSR count). The highest BCUT2D eigenvalue weighted by molar-refractivity contribution is 9.10. The van der Waals surface area contributed by atoms with Crippen LogP contribution in [-0.4, -0.2) is 29.1 Å². The second-order valence-electron chi connectivity index (χ2n) is 7.20. The van der Waals surface area contributed by atoms with Gasteiger partial charge in [-0.25, -0.2) is 4.79 Å². The Morgan fingerprint density at radius 2 is 1.85 bits per heavy atom. The number of halogens is 2. The average Bonchev–Trinajstić information content (AvgIpc) is 3.08. The van der Waals surface area contributed by atoms with E-state index in [0.717, 1.165) is 26.7 Å². The number of amides is 2. The number of esters is 1. The highest BCUT2D eigenvalue weighted by Gasteiger charge is 2.35. The van der Waals surface area contributed by atoms with E-state index in [0.29, 0.717) is 21.9 Å². The lowest BCUT2D eigenvalue weighted by Crippen LogP contribution is -2.27. The van der Waals surface area contributed by atoms with Gasteiger partial charge in [-0.05, 0) is 78.0 Å². The van der Waals surface area contributed by atoms with Crippen LogP contribution >= 0.6 is 39.3 Å². The van der Waals surface area contributed by atoms with Gasteiger partial charge in [0.2, 0.25) is 0 Å².